The van der Waals surface area contributed by atoms with Crippen molar-refractivity contribution in [3.05, 3.63) is 0 Å². The quantitative estimate of drug-likeness (QED) is 0.309. The van der Waals surface area contributed by atoms with E-state index in [0.29, 0.717) is 6.04 Å². The Morgan fingerprint density at radius 1 is 1.41 bits per heavy atom. The van der Waals surface area contributed by atoms with Gasteiger partial charge in [0.05, 0.1) is 18.2 Å². The maximum absolute atomic E-state index is 5.69. The third-order valence-electron chi connectivity index (χ3n) is 3.48. The molecule has 0 unspecified atom stereocenters. The van der Waals surface area contributed by atoms with Gasteiger partial charge in [-0.05, 0) is 26.7 Å². The number of hydrogen-bond acceptors (Lipinski definition) is 3. The number of hydrogen-bond donors (Lipinski definition) is 2. The first-order valence-electron chi connectivity index (χ1n) is 6.54. The van der Waals surface area contributed by atoms with Crippen LogP contribution in [0.25, 0.3) is 0 Å². The lowest BCUT2D eigenvalue weighted by molar-refractivity contribution is -0.0686. The van der Waals surface area contributed by atoms with Crippen LogP contribution in [0.4, 0.5) is 0 Å². The average Bonchev–Trinajstić information content (AvgIpc) is 2.77. The largest absolute Gasteiger partial charge is 0.372 e. The second kappa shape index (κ2) is 5.23. The van der Waals surface area contributed by atoms with Gasteiger partial charge in [-0.25, -0.2) is 10.8 Å². The summed E-state index contributed by atoms with van der Waals surface area (Å²) in [4.78, 5) is 6.93. The summed E-state index contributed by atoms with van der Waals surface area (Å²) in [7, 11) is 0. The zero-order chi connectivity index (χ0) is 12.3. The Bertz CT molecular complexity index is 284. The van der Waals surface area contributed by atoms with E-state index in [1.54, 1.807) is 0 Å². The Hall–Kier alpha value is -0.810. The van der Waals surface area contributed by atoms with Crippen molar-refractivity contribution in [2.75, 3.05) is 19.7 Å². The van der Waals surface area contributed by atoms with Crippen molar-refractivity contribution in [2.24, 2.45) is 10.8 Å². The number of aliphatic imine (C=N–C) groups is 1. The highest BCUT2D eigenvalue weighted by molar-refractivity contribution is 5.79. The fourth-order valence-electron chi connectivity index (χ4n) is 2.61. The van der Waals surface area contributed by atoms with E-state index in [0.717, 1.165) is 25.7 Å². The monoisotopic (exact) mass is 240 g/mol. The Morgan fingerprint density at radius 2 is 2.12 bits per heavy atom. The minimum Gasteiger partial charge on any atom is -0.372 e. The number of hydrazine groups is 1. The summed E-state index contributed by atoms with van der Waals surface area (Å²) < 4.78 is 5.69. The molecule has 0 aromatic heterocycles. The number of morpholine rings is 1. The fourth-order valence-corrected chi connectivity index (χ4v) is 2.61. The Kier molecular flexibility index (Phi) is 3.89. The summed E-state index contributed by atoms with van der Waals surface area (Å²) >= 11 is 0. The van der Waals surface area contributed by atoms with Crippen LogP contribution in [0, 0.1) is 0 Å². The molecular formula is C12H24N4O. The highest BCUT2D eigenvalue weighted by Gasteiger charge is 2.29. The standard InChI is InChI=1S/C12H24N4O/c1-12(2)9-16(7-8-17-12)11(15-13)14-10-5-3-4-6-10/h10H,3-9,13H2,1-2H3,(H,14,15). The van der Waals surface area contributed by atoms with Gasteiger partial charge in [-0.15, -0.1) is 0 Å². The second-order valence-corrected chi connectivity index (χ2v) is 5.57. The molecule has 5 nitrogen and oxygen atoms in total. The molecule has 98 valence electrons. The van der Waals surface area contributed by atoms with Crippen molar-refractivity contribution in [3.8, 4) is 0 Å². The molecule has 3 N–H and O–H groups in total. The van der Waals surface area contributed by atoms with Gasteiger partial charge in [-0.1, -0.05) is 12.8 Å². The molecule has 0 bridgehead atoms. The first kappa shape index (κ1) is 12.6. The average molecular weight is 240 g/mol. The van der Waals surface area contributed by atoms with E-state index in [-0.39, 0.29) is 5.60 Å². The second-order valence-electron chi connectivity index (χ2n) is 5.57. The van der Waals surface area contributed by atoms with Gasteiger partial charge in [-0.3, -0.25) is 5.43 Å². The Morgan fingerprint density at radius 3 is 2.71 bits per heavy atom. The zero-order valence-electron chi connectivity index (χ0n) is 10.9. The van der Waals surface area contributed by atoms with Crippen molar-refractivity contribution in [1.82, 2.24) is 10.3 Å². The highest BCUT2D eigenvalue weighted by atomic mass is 16.5. The molecule has 1 saturated carbocycles. The molecule has 2 rings (SSSR count). The number of nitrogens with zero attached hydrogens (tertiary/aromatic N) is 2. The van der Waals surface area contributed by atoms with E-state index in [1.165, 1.54) is 25.7 Å². The predicted molar refractivity (Wildman–Crippen MR) is 68.6 cm³/mol. The minimum atomic E-state index is -0.119. The van der Waals surface area contributed by atoms with Gasteiger partial charge in [0.25, 0.3) is 0 Å². The van der Waals surface area contributed by atoms with E-state index in [2.05, 4.69) is 24.2 Å². The minimum absolute atomic E-state index is 0.119. The van der Waals surface area contributed by atoms with Gasteiger partial charge in [-0.2, -0.15) is 0 Å². The smallest absolute Gasteiger partial charge is 0.208 e. The van der Waals surface area contributed by atoms with E-state index in [9.17, 15) is 0 Å². The molecule has 1 aliphatic heterocycles. The summed E-state index contributed by atoms with van der Waals surface area (Å²) in [5.41, 5.74) is 2.64. The van der Waals surface area contributed by atoms with Crippen LogP contribution in [0.15, 0.2) is 4.99 Å². The zero-order valence-corrected chi connectivity index (χ0v) is 10.9. The van der Waals surface area contributed by atoms with Gasteiger partial charge < -0.3 is 9.64 Å². The van der Waals surface area contributed by atoms with Crippen molar-refractivity contribution < 1.29 is 4.74 Å². The van der Waals surface area contributed by atoms with Gasteiger partial charge in [0.15, 0.2) is 0 Å². The lowest BCUT2D eigenvalue weighted by atomic mass is 10.1. The summed E-state index contributed by atoms with van der Waals surface area (Å²) in [5.74, 6) is 6.43. The number of guanidine groups is 1. The summed E-state index contributed by atoms with van der Waals surface area (Å²) in [6, 6.07) is 0.451. The van der Waals surface area contributed by atoms with Crippen LogP contribution < -0.4 is 11.3 Å². The third-order valence-corrected chi connectivity index (χ3v) is 3.48. The van der Waals surface area contributed by atoms with E-state index in [1.807, 2.05) is 0 Å². The predicted octanol–water partition coefficient (Wildman–Crippen LogP) is 0.859. The fraction of sp³-hybridized carbons (Fsp3) is 0.917. The maximum Gasteiger partial charge on any atom is 0.208 e. The molecule has 2 fully saturated rings. The van der Waals surface area contributed by atoms with Gasteiger partial charge >= 0.3 is 0 Å². The molecule has 1 aliphatic carbocycles. The molecule has 0 amide bonds. The van der Waals surface area contributed by atoms with Crippen LogP contribution in [-0.2, 0) is 4.74 Å². The number of nitrogens with one attached hydrogen (secondary N) is 1. The van der Waals surface area contributed by atoms with E-state index < -0.39 is 0 Å². The molecule has 0 atom stereocenters. The van der Waals surface area contributed by atoms with Crippen molar-refractivity contribution >= 4 is 5.96 Å². The first-order chi connectivity index (χ1) is 8.11. The summed E-state index contributed by atoms with van der Waals surface area (Å²) in [6.45, 7) is 6.63. The number of ether oxygens (including phenoxy) is 1. The first-order valence-corrected chi connectivity index (χ1v) is 6.54. The molecule has 1 heterocycles. The van der Waals surface area contributed by atoms with Crippen LogP contribution in [-0.4, -0.2) is 42.2 Å². The van der Waals surface area contributed by atoms with Crippen molar-refractivity contribution in [2.45, 2.75) is 51.2 Å². The van der Waals surface area contributed by atoms with E-state index >= 15 is 0 Å². The van der Waals surface area contributed by atoms with E-state index in [4.69, 9.17) is 15.6 Å². The SMILES string of the molecule is CC1(C)CN(C(=NC2CCCC2)NN)CCO1. The third kappa shape index (κ3) is 3.33. The summed E-state index contributed by atoms with van der Waals surface area (Å²) in [5, 5.41) is 0. The summed E-state index contributed by atoms with van der Waals surface area (Å²) in [6.07, 6.45) is 4.97. The van der Waals surface area contributed by atoms with Crippen LogP contribution in [0.3, 0.4) is 0 Å². The molecule has 0 aromatic rings. The van der Waals surface area contributed by atoms with Crippen molar-refractivity contribution in [1.29, 1.82) is 0 Å². The maximum atomic E-state index is 5.69. The molecule has 17 heavy (non-hydrogen) atoms. The lowest BCUT2D eigenvalue weighted by Crippen LogP contribution is -2.55. The van der Waals surface area contributed by atoms with Crippen LogP contribution in [0.2, 0.25) is 0 Å². The molecule has 2 aliphatic rings. The van der Waals surface area contributed by atoms with Gasteiger partial charge in [0.1, 0.15) is 0 Å². The molecule has 0 aromatic carbocycles. The Balaban J connectivity index is 2.01. The topological polar surface area (TPSA) is 62.9 Å². The number of nitrogens with two attached hydrogens (primary N) is 1. The van der Waals surface area contributed by atoms with Gasteiger partial charge in [0.2, 0.25) is 5.96 Å². The van der Waals surface area contributed by atoms with Crippen molar-refractivity contribution in [3.63, 3.8) is 0 Å². The lowest BCUT2D eigenvalue weighted by Gasteiger charge is -2.39. The highest BCUT2D eigenvalue weighted by Crippen LogP contribution is 2.22. The molecule has 0 radical (unpaired) electrons. The number of rotatable bonds is 1. The van der Waals surface area contributed by atoms with Crippen LogP contribution in [0.5, 0.6) is 0 Å². The molecular weight excluding hydrogens is 216 g/mol. The van der Waals surface area contributed by atoms with Gasteiger partial charge in [0, 0.05) is 13.1 Å². The molecule has 1 saturated heterocycles. The molecule has 0 spiro atoms. The molecule has 5 heteroatoms. The van der Waals surface area contributed by atoms with Crippen LogP contribution >= 0.6 is 0 Å². The van der Waals surface area contributed by atoms with Crippen LogP contribution in [0.1, 0.15) is 39.5 Å². The Labute approximate surface area is 103 Å². The normalized spacial score (nSPS) is 26.3.